The lowest BCUT2D eigenvalue weighted by atomic mass is 10.3. The van der Waals surface area contributed by atoms with Crippen LogP contribution in [-0.2, 0) is 6.54 Å². The number of hydrogen-bond donors (Lipinski definition) is 2. The number of nitrogens with zero attached hydrogens (tertiary/aromatic N) is 2. The molecule has 0 aliphatic carbocycles. The van der Waals surface area contributed by atoms with Gasteiger partial charge in [0.05, 0.1) is 5.69 Å². The quantitative estimate of drug-likeness (QED) is 0.698. The largest absolute Gasteiger partial charge is 0.351 e. The highest BCUT2D eigenvalue weighted by Gasteiger charge is 2.11. The number of aryl methyl sites for hydroxylation is 2. The normalized spacial score (nSPS) is 10.4. The van der Waals surface area contributed by atoms with Gasteiger partial charge in [0.1, 0.15) is 5.69 Å². The molecule has 5 heteroatoms. The average Bonchev–Trinajstić information content (AvgIpc) is 2.65. The summed E-state index contributed by atoms with van der Waals surface area (Å²) in [7, 11) is 0. The summed E-state index contributed by atoms with van der Waals surface area (Å²) in [4.78, 5) is 11.8. The van der Waals surface area contributed by atoms with E-state index in [0.29, 0.717) is 25.3 Å². The van der Waals surface area contributed by atoms with Crippen LogP contribution in [-0.4, -0.2) is 28.8 Å². The van der Waals surface area contributed by atoms with E-state index >= 15 is 0 Å². The van der Waals surface area contributed by atoms with Crippen molar-refractivity contribution in [2.75, 3.05) is 13.1 Å². The van der Waals surface area contributed by atoms with E-state index in [-0.39, 0.29) is 5.91 Å². The van der Waals surface area contributed by atoms with Gasteiger partial charge in [0.25, 0.3) is 5.91 Å². The molecular formula is C11H20N4O. The third kappa shape index (κ3) is 3.34. The molecule has 16 heavy (non-hydrogen) atoms. The molecule has 0 unspecified atom stereocenters. The molecule has 0 aromatic carbocycles. The number of carbonyl (C=O) groups excluding carboxylic acids is 1. The van der Waals surface area contributed by atoms with E-state index in [0.717, 1.165) is 18.5 Å². The lowest BCUT2D eigenvalue weighted by Gasteiger charge is -2.05. The molecule has 1 heterocycles. The van der Waals surface area contributed by atoms with Crippen LogP contribution in [0.15, 0.2) is 6.07 Å². The fraction of sp³-hybridized carbons (Fsp3) is 0.636. The molecule has 1 amide bonds. The highest BCUT2D eigenvalue weighted by Crippen LogP contribution is 2.03. The molecule has 1 rings (SSSR count). The molecule has 0 aliphatic heterocycles. The molecule has 0 aliphatic rings. The van der Waals surface area contributed by atoms with Gasteiger partial charge in [-0.15, -0.1) is 0 Å². The third-order valence-corrected chi connectivity index (χ3v) is 2.35. The van der Waals surface area contributed by atoms with Crippen molar-refractivity contribution in [1.29, 1.82) is 0 Å². The van der Waals surface area contributed by atoms with Crippen molar-refractivity contribution >= 4 is 5.91 Å². The molecule has 5 nitrogen and oxygen atoms in total. The monoisotopic (exact) mass is 224 g/mol. The first-order valence-electron chi connectivity index (χ1n) is 5.71. The Labute approximate surface area is 96.0 Å². The first kappa shape index (κ1) is 12.7. The zero-order valence-electron chi connectivity index (χ0n) is 9.99. The van der Waals surface area contributed by atoms with Crippen LogP contribution in [0.5, 0.6) is 0 Å². The van der Waals surface area contributed by atoms with Crippen molar-refractivity contribution in [1.82, 2.24) is 15.1 Å². The van der Waals surface area contributed by atoms with Gasteiger partial charge in [-0.1, -0.05) is 0 Å². The maximum absolute atomic E-state index is 11.8. The Morgan fingerprint density at radius 1 is 1.56 bits per heavy atom. The van der Waals surface area contributed by atoms with E-state index in [1.165, 1.54) is 0 Å². The van der Waals surface area contributed by atoms with Crippen molar-refractivity contribution in [3.05, 3.63) is 17.5 Å². The molecule has 0 spiro atoms. The van der Waals surface area contributed by atoms with Crippen molar-refractivity contribution in [2.24, 2.45) is 5.73 Å². The summed E-state index contributed by atoms with van der Waals surface area (Å²) in [5, 5.41) is 7.10. The van der Waals surface area contributed by atoms with Crippen LogP contribution in [0.2, 0.25) is 0 Å². The number of aromatic nitrogens is 2. The van der Waals surface area contributed by atoms with Crippen molar-refractivity contribution in [3.8, 4) is 0 Å². The zero-order valence-corrected chi connectivity index (χ0v) is 9.99. The summed E-state index contributed by atoms with van der Waals surface area (Å²) < 4.78 is 1.72. The van der Waals surface area contributed by atoms with E-state index in [2.05, 4.69) is 10.4 Å². The van der Waals surface area contributed by atoms with Crippen LogP contribution in [0.4, 0.5) is 0 Å². The summed E-state index contributed by atoms with van der Waals surface area (Å²) in [6, 6.07) is 1.81. The lowest BCUT2D eigenvalue weighted by molar-refractivity contribution is 0.0942. The van der Waals surface area contributed by atoms with Crippen LogP contribution >= 0.6 is 0 Å². The number of hydrogen-bond acceptors (Lipinski definition) is 3. The third-order valence-electron chi connectivity index (χ3n) is 2.35. The maximum Gasteiger partial charge on any atom is 0.269 e. The molecule has 1 aromatic rings. The Bertz CT molecular complexity index is 346. The smallest absolute Gasteiger partial charge is 0.269 e. The Morgan fingerprint density at radius 2 is 2.31 bits per heavy atom. The fourth-order valence-electron chi connectivity index (χ4n) is 1.53. The fourth-order valence-corrected chi connectivity index (χ4v) is 1.53. The van der Waals surface area contributed by atoms with Gasteiger partial charge < -0.3 is 11.1 Å². The molecule has 0 atom stereocenters. The van der Waals surface area contributed by atoms with Crippen molar-refractivity contribution in [3.63, 3.8) is 0 Å². The number of carbonyl (C=O) groups is 1. The predicted molar refractivity (Wildman–Crippen MR) is 63.3 cm³/mol. The number of nitrogens with one attached hydrogen (secondary N) is 1. The molecular weight excluding hydrogens is 204 g/mol. The Balaban J connectivity index is 2.51. The van der Waals surface area contributed by atoms with Crippen LogP contribution in [0.1, 0.15) is 35.9 Å². The summed E-state index contributed by atoms with van der Waals surface area (Å²) in [6.07, 6.45) is 1.85. The Morgan fingerprint density at radius 3 is 2.94 bits per heavy atom. The molecule has 1 aromatic heterocycles. The summed E-state index contributed by atoms with van der Waals surface area (Å²) >= 11 is 0. The molecule has 0 saturated heterocycles. The molecule has 90 valence electrons. The molecule has 0 fully saturated rings. The minimum absolute atomic E-state index is 0.0560. The standard InChI is InChI=1S/C11H20N4O/c1-3-15-10(8-9(2)14-15)11(16)13-7-5-4-6-12/h8H,3-7,12H2,1-2H3,(H,13,16). The average molecular weight is 224 g/mol. The van der Waals surface area contributed by atoms with Crippen molar-refractivity contribution in [2.45, 2.75) is 33.2 Å². The topological polar surface area (TPSA) is 72.9 Å². The predicted octanol–water partition coefficient (Wildman–Crippen LogP) is 0.680. The lowest BCUT2D eigenvalue weighted by Crippen LogP contribution is -2.27. The van der Waals surface area contributed by atoms with Gasteiger partial charge in [0.2, 0.25) is 0 Å². The summed E-state index contributed by atoms with van der Waals surface area (Å²) in [5.41, 5.74) is 6.88. The molecule has 0 radical (unpaired) electrons. The Hall–Kier alpha value is -1.36. The first-order chi connectivity index (χ1) is 7.69. The van der Waals surface area contributed by atoms with E-state index < -0.39 is 0 Å². The number of amides is 1. The minimum Gasteiger partial charge on any atom is -0.351 e. The van der Waals surface area contributed by atoms with Crippen LogP contribution in [0.25, 0.3) is 0 Å². The van der Waals surface area contributed by atoms with Gasteiger partial charge in [-0.25, -0.2) is 0 Å². The minimum atomic E-state index is -0.0560. The van der Waals surface area contributed by atoms with E-state index in [4.69, 9.17) is 5.73 Å². The van der Waals surface area contributed by atoms with Gasteiger partial charge in [-0.2, -0.15) is 5.10 Å². The number of nitrogens with two attached hydrogens (primary N) is 1. The number of unbranched alkanes of at least 4 members (excludes halogenated alkanes) is 1. The van der Waals surface area contributed by atoms with Gasteiger partial charge in [-0.05, 0) is 39.3 Å². The summed E-state index contributed by atoms with van der Waals surface area (Å²) in [5.74, 6) is -0.0560. The first-order valence-corrected chi connectivity index (χ1v) is 5.71. The molecule has 3 N–H and O–H groups in total. The highest BCUT2D eigenvalue weighted by molar-refractivity contribution is 5.92. The van der Waals surface area contributed by atoms with Gasteiger partial charge in [0, 0.05) is 13.1 Å². The van der Waals surface area contributed by atoms with Crippen LogP contribution in [0, 0.1) is 6.92 Å². The second-order valence-electron chi connectivity index (χ2n) is 3.74. The second kappa shape index (κ2) is 6.27. The van der Waals surface area contributed by atoms with E-state index in [9.17, 15) is 4.79 Å². The Kier molecular flexibility index (Phi) is 4.98. The SMILES string of the molecule is CCn1nc(C)cc1C(=O)NCCCCN. The van der Waals surface area contributed by atoms with E-state index in [1.807, 2.05) is 19.9 Å². The maximum atomic E-state index is 11.8. The second-order valence-corrected chi connectivity index (χ2v) is 3.74. The number of rotatable bonds is 6. The highest BCUT2D eigenvalue weighted by atomic mass is 16.2. The molecule has 0 bridgehead atoms. The van der Waals surface area contributed by atoms with Crippen molar-refractivity contribution < 1.29 is 4.79 Å². The van der Waals surface area contributed by atoms with Crippen LogP contribution in [0.3, 0.4) is 0 Å². The summed E-state index contributed by atoms with van der Waals surface area (Å²) in [6.45, 7) is 5.90. The zero-order chi connectivity index (χ0) is 12.0. The van der Waals surface area contributed by atoms with Gasteiger partial charge in [-0.3, -0.25) is 9.48 Å². The molecule has 0 saturated carbocycles. The van der Waals surface area contributed by atoms with E-state index in [1.54, 1.807) is 4.68 Å². The van der Waals surface area contributed by atoms with Crippen LogP contribution < -0.4 is 11.1 Å². The van der Waals surface area contributed by atoms with Gasteiger partial charge >= 0.3 is 0 Å². The van der Waals surface area contributed by atoms with Gasteiger partial charge in [0.15, 0.2) is 0 Å².